The predicted molar refractivity (Wildman–Crippen MR) is 91.0 cm³/mol. The summed E-state index contributed by atoms with van der Waals surface area (Å²) in [6, 6.07) is 14.3. The molecule has 3 rings (SSSR count). The molecule has 0 aliphatic carbocycles. The molecule has 1 aliphatic rings. The molecule has 0 spiro atoms. The molecule has 1 N–H and O–H groups in total. The number of hydrogen-bond donors (Lipinski definition) is 1. The fraction of sp³-hybridized carbons (Fsp3) is 0.353. The minimum Gasteiger partial charge on any atom is -0.353 e. The van der Waals surface area contributed by atoms with E-state index in [1.807, 2.05) is 6.07 Å². The van der Waals surface area contributed by atoms with Crippen LogP contribution >= 0.6 is 0 Å². The van der Waals surface area contributed by atoms with E-state index in [-0.39, 0.29) is 4.90 Å². The van der Waals surface area contributed by atoms with Crippen molar-refractivity contribution in [3.63, 3.8) is 0 Å². The first-order valence-electron chi connectivity index (χ1n) is 7.80. The molecule has 2 aromatic rings. The summed E-state index contributed by atoms with van der Waals surface area (Å²) in [7, 11) is -2.03. The third-order valence-corrected chi connectivity index (χ3v) is 5.68. The van der Waals surface area contributed by atoms with Crippen molar-refractivity contribution in [1.29, 1.82) is 0 Å². The van der Waals surface area contributed by atoms with Gasteiger partial charge in [-0.25, -0.2) is 18.1 Å². The van der Waals surface area contributed by atoms with Gasteiger partial charge in [-0.1, -0.05) is 30.3 Å². The Hall–Kier alpha value is -1.92. The summed E-state index contributed by atoms with van der Waals surface area (Å²) in [5.41, 5.74) is 1.32. The first kappa shape index (κ1) is 16.0. The summed E-state index contributed by atoms with van der Waals surface area (Å²) in [5.74, 6) is 0.846. The molecule has 23 heavy (non-hydrogen) atoms. The second-order valence-electron chi connectivity index (χ2n) is 5.74. The highest BCUT2D eigenvalue weighted by Crippen LogP contribution is 2.26. The molecule has 1 aromatic carbocycles. The van der Waals surface area contributed by atoms with Crippen LogP contribution < -0.4 is 9.62 Å². The van der Waals surface area contributed by atoms with Gasteiger partial charge in [-0.15, -0.1) is 0 Å². The number of nitrogens with zero attached hydrogens (tertiary/aromatic N) is 2. The molecule has 1 aromatic heterocycles. The lowest BCUT2D eigenvalue weighted by molar-refractivity contribution is 0.587. The van der Waals surface area contributed by atoms with E-state index in [0.717, 1.165) is 31.6 Å². The Morgan fingerprint density at radius 1 is 1.22 bits per heavy atom. The van der Waals surface area contributed by atoms with Crippen LogP contribution in [0.1, 0.15) is 18.4 Å². The van der Waals surface area contributed by atoms with E-state index < -0.39 is 10.0 Å². The Balaban J connectivity index is 1.77. The Bertz CT molecular complexity index is 745. The van der Waals surface area contributed by atoms with Crippen LogP contribution in [0.15, 0.2) is 53.6 Å². The Kier molecular flexibility index (Phi) is 4.63. The van der Waals surface area contributed by atoms with Crippen LogP contribution in [0.5, 0.6) is 0 Å². The van der Waals surface area contributed by atoms with Gasteiger partial charge in [-0.3, -0.25) is 0 Å². The minimum absolute atomic E-state index is 0.197. The average Bonchev–Trinajstić information content (AvgIpc) is 3.04. The molecule has 1 unspecified atom stereocenters. The van der Waals surface area contributed by atoms with E-state index in [1.54, 1.807) is 12.1 Å². The van der Waals surface area contributed by atoms with Crippen molar-refractivity contribution >= 4 is 15.8 Å². The monoisotopic (exact) mass is 331 g/mol. The van der Waals surface area contributed by atoms with Crippen molar-refractivity contribution in [1.82, 2.24) is 9.71 Å². The van der Waals surface area contributed by atoms with Crippen LogP contribution in [0.4, 0.5) is 5.82 Å². The molecule has 1 aliphatic heterocycles. The number of nitrogens with one attached hydrogen (secondary N) is 1. The number of hydrogen-bond acceptors (Lipinski definition) is 4. The molecule has 5 nitrogen and oxygen atoms in total. The summed E-state index contributed by atoms with van der Waals surface area (Å²) in [5, 5.41) is 0. The first-order chi connectivity index (χ1) is 11.1. The molecule has 0 bridgehead atoms. The van der Waals surface area contributed by atoms with Crippen molar-refractivity contribution in [3.8, 4) is 0 Å². The van der Waals surface area contributed by atoms with E-state index in [9.17, 15) is 8.42 Å². The maximum atomic E-state index is 11.8. The van der Waals surface area contributed by atoms with Gasteiger partial charge in [0.25, 0.3) is 0 Å². The summed E-state index contributed by atoms with van der Waals surface area (Å²) in [6.07, 6.45) is 4.68. The number of rotatable bonds is 5. The van der Waals surface area contributed by atoms with Gasteiger partial charge < -0.3 is 4.90 Å². The Morgan fingerprint density at radius 3 is 2.65 bits per heavy atom. The third-order valence-electron chi connectivity index (χ3n) is 4.29. The molecule has 2 heterocycles. The lowest BCUT2D eigenvalue weighted by Crippen LogP contribution is -2.31. The van der Waals surface area contributed by atoms with Crippen LogP contribution in [0.25, 0.3) is 0 Å². The molecule has 1 atom stereocenters. The second-order valence-corrected chi connectivity index (χ2v) is 7.63. The molecular weight excluding hydrogens is 310 g/mol. The van der Waals surface area contributed by atoms with Gasteiger partial charge in [0.15, 0.2) is 0 Å². The van der Waals surface area contributed by atoms with E-state index >= 15 is 0 Å². The minimum atomic E-state index is -3.43. The van der Waals surface area contributed by atoms with Crippen molar-refractivity contribution < 1.29 is 8.42 Å². The van der Waals surface area contributed by atoms with Crippen molar-refractivity contribution in [2.45, 2.75) is 30.2 Å². The van der Waals surface area contributed by atoms with Crippen molar-refractivity contribution in [2.75, 3.05) is 18.5 Å². The number of aromatic nitrogens is 1. The molecule has 6 heteroatoms. The van der Waals surface area contributed by atoms with Crippen LogP contribution in [0.2, 0.25) is 0 Å². The van der Waals surface area contributed by atoms with Gasteiger partial charge in [-0.2, -0.15) is 0 Å². The third kappa shape index (κ3) is 3.54. The highest BCUT2D eigenvalue weighted by molar-refractivity contribution is 7.89. The van der Waals surface area contributed by atoms with E-state index in [4.69, 9.17) is 0 Å². The highest BCUT2D eigenvalue weighted by atomic mass is 32.2. The second kappa shape index (κ2) is 6.68. The zero-order chi connectivity index (χ0) is 16.3. The van der Waals surface area contributed by atoms with Gasteiger partial charge in [-0.05, 0) is 44.0 Å². The zero-order valence-corrected chi connectivity index (χ0v) is 14.0. The number of sulfonamides is 1. The fourth-order valence-electron chi connectivity index (χ4n) is 3.05. The lowest BCUT2D eigenvalue weighted by atomic mass is 10.0. The number of anilines is 1. The van der Waals surface area contributed by atoms with E-state index in [0.29, 0.717) is 6.04 Å². The van der Waals surface area contributed by atoms with Gasteiger partial charge >= 0.3 is 0 Å². The first-order valence-corrected chi connectivity index (χ1v) is 9.28. The molecule has 1 saturated heterocycles. The van der Waals surface area contributed by atoms with Crippen LogP contribution in [-0.2, 0) is 16.4 Å². The SMILES string of the molecule is CNS(=O)(=O)c1ccc(N2CCCC2Cc2ccccc2)nc1. The van der Waals surface area contributed by atoms with E-state index in [1.165, 1.54) is 18.8 Å². The lowest BCUT2D eigenvalue weighted by Gasteiger charge is -2.26. The normalized spacial score (nSPS) is 18.3. The fourth-order valence-corrected chi connectivity index (χ4v) is 3.73. The molecule has 0 amide bonds. The summed E-state index contributed by atoms with van der Waals surface area (Å²) in [4.78, 5) is 6.85. The molecule has 1 fully saturated rings. The summed E-state index contributed by atoms with van der Waals surface area (Å²) >= 11 is 0. The highest BCUT2D eigenvalue weighted by Gasteiger charge is 2.26. The molecule has 0 saturated carbocycles. The van der Waals surface area contributed by atoms with Crippen LogP contribution in [-0.4, -0.2) is 33.0 Å². The smallest absolute Gasteiger partial charge is 0.241 e. The number of pyridine rings is 1. The van der Waals surface area contributed by atoms with Gasteiger partial charge in [0.05, 0.1) is 0 Å². The van der Waals surface area contributed by atoms with Crippen molar-refractivity contribution in [3.05, 3.63) is 54.2 Å². The van der Waals surface area contributed by atoms with Crippen LogP contribution in [0.3, 0.4) is 0 Å². The maximum Gasteiger partial charge on any atom is 0.241 e. The van der Waals surface area contributed by atoms with Crippen molar-refractivity contribution in [2.24, 2.45) is 0 Å². The Morgan fingerprint density at radius 2 is 2.00 bits per heavy atom. The molecular formula is C17H21N3O2S. The number of benzene rings is 1. The molecule has 0 radical (unpaired) electrons. The topological polar surface area (TPSA) is 62.3 Å². The van der Waals surface area contributed by atoms with E-state index in [2.05, 4.69) is 38.9 Å². The maximum absolute atomic E-state index is 11.8. The van der Waals surface area contributed by atoms with Gasteiger partial charge in [0.1, 0.15) is 10.7 Å². The summed E-state index contributed by atoms with van der Waals surface area (Å²) < 4.78 is 25.9. The predicted octanol–water partition coefficient (Wildman–Crippen LogP) is 2.20. The largest absolute Gasteiger partial charge is 0.353 e. The zero-order valence-electron chi connectivity index (χ0n) is 13.1. The molecule has 122 valence electrons. The standard InChI is InChI=1S/C17H21N3O2S/c1-18-23(21,22)16-9-10-17(19-13-16)20-11-5-8-15(20)12-14-6-3-2-4-7-14/h2-4,6-7,9-10,13,15,18H,5,8,11-12H2,1H3. The quantitative estimate of drug-likeness (QED) is 0.912. The van der Waals surface area contributed by atoms with Crippen LogP contribution in [0, 0.1) is 0 Å². The average molecular weight is 331 g/mol. The van der Waals surface area contributed by atoms with Gasteiger partial charge in [0, 0.05) is 18.8 Å². The summed E-state index contributed by atoms with van der Waals surface area (Å²) in [6.45, 7) is 0.961. The van der Waals surface area contributed by atoms with Gasteiger partial charge in [0.2, 0.25) is 10.0 Å². The Labute approximate surface area is 137 Å².